The van der Waals surface area contributed by atoms with E-state index >= 15 is 0 Å². The second-order valence-corrected chi connectivity index (χ2v) is 7.83. The van der Waals surface area contributed by atoms with Crippen LogP contribution in [0.4, 0.5) is 5.82 Å². The number of amides is 1. The number of carbonyl (C=O) groups is 1. The molecule has 1 saturated heterocycles. The molecular weight excluding hydrogens is 378 g/mol. The molecular formula is C22H25N7O. The molecule has 0 spiro atoms. The SMILES string of the molecule is O=C1NCCc2c(NC3CCN(Cc4ncc[nH]4)CC3)nc(-c3ccccc3)nc21. The molecule has 0 unspecified atom stereocenters. The zero-order valence-corrected chi connectivity index (χ0v) is 16.8. The van der Waals surface area contributed by atoms with Crippen LogP contribution in [0.25, 0.3) is 11.4 Å². The smallest absolute Gasteiger partial charge is 0.270 e. The summed E-state index contributed by atoms with van der Waals surface area (Å²) in [5.41, 5.74) is 2.33. The van der Waals surface area contributed by atoms with Gasteiger partial charge in [0.25, 0.3) is 5.91 Å². The van der Waals surface area contributed by atoms with Crippen LogP contribution >= 0.6 is 0 Å². The standard InChI is InChI=1S/C22H25N7O/c30-22-19-17(6-9-25-22)21(28-20(27-19)15-4-2-1-3-5-15)26-16-7-12-29(13-8-16)14-18-23-10-11-24-18/h1-5,10-11,16H,6-9,12-14H2,(H,23,24)(H,25,30)(H,26,27,28). The number of anilines is 1. The van der Waals surface area contributed by atoms with E-state index < -0.39 is 0 Å². The molecule has 5 rings (SSSR count). The molecule has 3 aromatic rings. The van der Waals surface area contributed by atoms with Crippen LogP contribution in [0.5, 0.6) is 0 Å². The van der Waals surface area contributed by atoms with Gasteiger partial charge < -0.3 is 15.6 Å². The van der Waals surface area contributed by atoms with Gasteiger partial charge in [-0.05, 0) is 19.3 Å². The minimum Gasteiger partial charge on any atom is -0.367 e. The van der Waals surface area contributed by atoms with E-state index in [1.54, 1.807) is 6.20 Å². The number of hydrogen-bond donors (Lipinski definition) is 3. The van der Waals surface area contributed by atoms with Crippen molar-refractivity contribution in [1.29, 1.82) is 0 Å². The molecule has 3 N–H and O–H groups in total. The normalized spacial score (nSPS) is 17.4. The molecule has 2 aromatic heterocycles. The second-order valence-electron chi connectivity index (χ2n) is 7.83. The van der Waals surface area contributed by atoms with E-state index in [1.807, 2.05) is 36.5 Å². The summed E-state index contributed by atoms with van der Waals surface area (Å²) in [4.78, 5) is 31.8. The van der Waals surface area contributed by atoms with Crippen molar-refractivity contribution in [2.24, 2.45) is 0 Å². The third-order valence-electron chi connectivity index (χ3n) is 5.77. The van der Waals surface area contributed by atoms with Crippen molar-refractivity contribution in [3.05, 3.63) is 59.8 Å². The lowest BCUT2D eigenvalue weighted by atomic mass is 10.0. The Morgan fingerprint density at radius 2 is 1.97 bits per heavy atom. The zero-order chi connectivity index (χ0) is 20.3. The molecule has 0 radical (unpaired) electrons. The van der Waals surface area contributed by atoms with Crippen LogP contribution in [-0.2, 0) is 13.0 Å². The molecule has 1 amide bonds. The average Bonchev–Trinajstić information content (AvgIpc) is 3.29. The van der Waals surface area contributed by atoms with Crippen LogP contribution in [0.2, 0.25) is 0 Å². The molecule has 1 fully saturated rings. The number of fused-ring (bicyclic) bond motifs is 1. The minimum atomic E-state index is -0.118. The molecule has 0 bridgehead atoms. The number of rotatable bonds is 5. The molecule has 30 heavy (non-hydrogen) atoms. The number of piperidine rings is 1. The number of nitrogens with zero attached hydrogens (tertiary/aromatic N) is 4. The van der Waals surface area contributed by atoms with Gasteiger partial charge in [-0.15, -0.1) is 0 Å². The molecule has 0 saturated carbocycles. The summed E-state index contributed by atoms with van der Waals surface area (Å²) in [5, 5.41) is 6.54. The Balaban J connectivity index is 1.35. The van der Waals surface area contributed by atoms with Gasteiger partial charge in [0.15, 0.2) is 5.82 Å². The Hall–Kier alpha value is -3.26. The van der Waals surface area contributed by atoms with Gasteiger partial charge in [-0.2, -0.15) is 0 Å². The molecule has 1 aromatic carbocycles. The van der Waals surface area contributed by atoms with Gasteiger partial charge in [-0.1, -0.05) is 30.3 Å². The Bertz CT molecular complexity index is 1010. The van der Waals surface area contributed by atoms with Gasteiger partial charge in [0, 0.05) is 49.2 Å². The van der Waals surface area contributed by atoms with Crippen molar-refractivity contribution in [3.8, 4) is 11.4 Å². The number of H-pyrrole nitrogens is 1. The van der Waals surface area contributed by atoms with Crippen LogP contribution in [0, 0.1) is 0 Å². The van der Waals surface area contributed by atoms with Crippen molar-refractivity contribution in [1.82, 2.24) is 30.2 Å². The van der Waals surface area contributed by atoms with Crippen LogP contribution in [-0.4, -0.2) is 56.4 Å². The van der Waals surface area contributed by atoms with Crippen molar-refractivity contribution < 1.29 is 4.79 Å². The molecule has 0 atom stereocenters. The van der Waals surface area contributed by atoms with E-state index in [4.69, 9.17) is 4.98 Å². The number of benzene rings is 1. The third kappa shape index (κ3) is 3.91. The molecule has 2 aliphatic rings. The summed E-state index contributed by atoms with van der Waals surface area (Å²) in [6.45, 7) is 3.46. The first-order valence-corrected chi connectivity index (χ1v) is 10.5. The fraction of sp³-hybridized carbons (Fsp3) is 0.364. The van der Waals surface area contributed by atoms with Crippen molar-refractivity contribution in [2.45, 2.75) is 31.8 Å². The van der Waals surface area contributed by atoms with Gasteiger partial charge in [-0.3, -0.25) is 9.69 Å². The molecule has 8 nitrogen and oxygen atoms in total. The van der Waals surface area contributed by atoms with Crippen molar-refractivity contribution in [3.63, 3.8) is 0 Å². The number of likely N-dealkylation sites (tertiary alicyclic amines) is 1. The third-order valence-corrected chi connectivity index (χ3v) is 5.77. The first-order valence-electron chi connectivity index (χ1n) is 10.5. The number of aromatic nitrogens is 4. The fourth-order valence-corrected chi connectivity index (χ4v) is 4.15. The van der Waals surface area contributed by atoms with Crippen LogP contribution in [0.1, 0.15) is 34.7 Å². The highest BCUT2D eigenvalue weighted by Crippen LogP contribution is 2.27. The average molecular weight is 403 g/mol. The number of aromatic amines is 1. The summed E-state index contributed by atoms with van der Waals surface area (Å²) in [6.07, 6.45) is 6.44. The highest BCUT2D eigenvalue weighted by atomic mass is 16.1. The fourth-order valence-electron chi connectivity index (χ4n) is 4.15. The molecule has 0 aliphatic carbocycles. The number of hydrogen-bond acceptors (Lipinski definition) is 6. The Kier molecular flexibility index (Phi) is 5.15. The van der Waals surface area contributed by atoms with E-state index in [0.717, 1.165) is 61.7 Å². The summed E-state index contributed by atoms with van der Waals surface area (Å²) in [6, 6.07) is 10.1. The van der Waals surface area contributed by atoms with E-state index in [0.29, 0.717) is 24.1 Å². The van der Waals surface area contributed by atoms with Gasteiger partial charge in [0.2, 0.25) is 0 Å². The zero-order valence-electron chi connectivity index (χ0n) is 16.8. The molecule has 2 aliphatic heterocycles. The maximum absolute atomic E-state index is 12.5. The molecule has 4 heterocycles. The molecule has 154 valence electrons. The van der Waals surface area contributed by atoms with Gasteiger partial charge in [0.05, 0.1) is 6.54 Å². The highest BCUT2D eigenvalue weighted by Gasteiger charge is 2.26. The lowest BCUT2D eigenvalue weighted by molar-refractivity contribution is 0.0940. The maximum Gasteiger partial charge on any atom is 0.270 e. The Morgan fingerprint density at radius 3 is 2.73 bits per heavy atom. The predicted molar refractivity (Wildman–Crippen MR) is 114 cm³/mol. The van der Waals surface area contributed by atoms with E-state index in [2.05, 4.69) is 30.5 Å². The number of carbonyl (C=O) groups excluding carboxylic acids is 1. The number of nitrogens with one attached hydrogen (secondary N) is 3. The Labute approximate surface area is 175 Å². The Morgan fingerprint density at radius 1 is 1.13 bits per heavy atom. The topological polar surface area (TPSA) is 98.8 Å². The largest absolute Gasteiger partial charge is 0.367 e. The second kappa shape index (κ2) is 8.23. The van der Waals surface area contributed by atoms with E-state index in [9.17, 15) is 4.79 Å². The lowest BCUT2D eigenvalue weighted by Gasteiger charge is -2.33. The monoisotopic (exact) mass is 403 g/mol. The van der Waals surface area contributed by atoms with Gasteiger partial charge in [0.1, 0.15) is 17.3 Å². The summed E-state index contributed by atoms with van der Waals surface area (Å²) in [5.74, 6) is 2.28. The predicted octanol–water partition coefficient (Wildman–Crippen LogP) is 2.23. The van der Waals surface area contributed by atoms with E-state index in [-0.39, 0.29) is 5.91 Å². The highest BCUT2D eigenvalue weighted by molar-refractivity contribution is 5.96. The number of imidazole rings is 1. The summed E-state index contributed by atoms with van der Waals surface area (Å²) < 4.78 is 0. The quantitative estimate of drug-likeness (QED) is 0.604. The lowest BCUT2D eigenvalue weighted by Crippen LogP contribution is -2.40. The summed E-state index contributed by atoms with van der Waals surface area (Å²) in [7, 11) is 0. The van der Waals surface area contributed by atoms with E-state index in [1.165, 1.54) is 0 Å². The van der Waals surface area contributed by atoms with Crippen molar-refractivity contribution in [2.75, 3.05) is 25.0 Å². The van der Waals surface area contributed by atoms with Crippen LogP contribution in [0.15, 0.2) is 42.7 Å². The maximum atomic E-state index is 12.5. The summed E-state index contributed by atoms with van der Waals surface area (Å²) >= 11 is 0. The van der Waals surface area contributed by atoms with Gasteiger partial charge >= 0.3 is 0 Å². The van der Waals surface area contributed by atoms with Crippen LogP contribution in [0.3, 0.4) is 0 Å². The first kappa shape index (κ1) is 18.7. The van der Waals surface area contributed by atoms with Crippen molar-refractivity contribution >= 4 is 11.7 Å². The van der Waals surface area contributed by atoms with Gasteiger partial charge in [-0.25, -0.2) is 15.0 Å². The minimum absolute atomic E-state index is 0.118. The van der Waals surface area contributed by atoms with Crippen LogP contribution < -0.4 is 10.6 Å². The first-order chi connectivity index (χ1) is 14.8. The molecule has 8 heteroatoms.